The summed E-state index contributed by atoms with van der Waals surface area (Å²) in [5.41, 5.74) is 0. The molecule has 1 heterocycles. The lowest BCUT2D eigenvalue weighted by molar-refractivity contribution is -0.113. The molecule has 19 heavy (non-hydrogen) atoms. The molecule has 1 aromatic heterocycles. The Hall–Kier alpha value is -2.09. The van der Waals surface area contributed by atoms with Crippen molar-refractivity contribution in [3.05, 3.63) is 30.1 Å². The number of carbonyl (C=O) groups excluding carboxylic acids is 1. The Labute approximate surface area is 112 Å². The summed E-state index contributed by atoms with van der Waals surface area (Å²) in [5, 5.41) is 8.75. The van der Waals surface area contributed by atoms with Gasteiger partial charge in [0.2, 0.25) is 11.9 Å². The number of ether oxygens (including phenoxy) is 1. The van der Waals surface area contributed by atoms with Gasteiger partial charge >= 0.3 is 6.01 Å². The second kappa shape index (κ2) is 6.19. The Bertz CT molecular complexity index is 558. The minimum atomic E-state index is -0.303. The van der Waals surface area contributed by atoms with Gasteiger partial charge in [-0.05, 0) is 24.3 Å². The van der Waals surface area contributed by atoms with Crippen molar-refractivity contribution in [1.29, 1.82) is 0 Å². The lowest BCUT2D eigenvalue weighted by Crippen LogP contribution is -2.15. The number of aromatic amines is 1. The molecule has 0 unspecified atom stereocenters. The number of thioether (sulfide) groups is 1. The summed E-state index contributed by atoms with van der Waals surface area (Å²) in [7, 11) is 1.43. The molecule has 8 heteroatoms. The Morgan fingerprint density at radius 1 is 1.47 bits per heavy atom. The monoisotopic (exact) mass is 282 g/mol. The SMILES string of the molecule is COc1n[nH]c(NC(=O)CSc2ccc(F)cc2)n1. The first-order valence-electron chi connectivity index (χ1n) is 5.32. The summed E-state index contributed by atoms with van der Waals surface area (Å²) in [5.74, 6) is -0.133. The highest BCUT2D eigenvalue weighted by molar-refractivity contribution is 8.00. The van der Waals surface area contributed by atoms with E-state index in [1.807, 2.05) is 0 Å². The summed E-state index contributed by atoms with van der Waals surface area (Å²) >= 11 is 1.30. The molecule has 6 nitrogen and oxygen atoms in total. The first-order valence-corrected chi connectivity index (χ1v) is 6.30. The van der Waals surface area contributed by atoms with Crippen LogP contribution in [0.3, 0.4) is 0 Å². The molecule has 0 saturated carbocycles. The fourth-order valence-electron chi connectivity index (χ4n) is 1.24. The van der Waals surface area contributed by atoms with Gasteiger partial charge in [-0.15, -0.1) is 16.9 Å². The maximum Gasteiger partial charge on any atom is 0.336 e. The molecule has 0 saturated heterocycles. The summed E-state index contributed by atoms with van der Waals surface area (Å²) in [4.78, 5) is 16.3. The number of nitrogens with zero attached hydrogens (tertiary/aromatic N) is 2. The van der Waals surface area contributed by atoms with Gasteiger partial charge in [0, 0.05) is 4.90 Å². The number of H-pyrrole nitrogens is 1. The molecule has 2 rings (SSSR count). The van der Waals surface area contributed by atoms with Crippen molar-refractivity contribution >= 4 is 23.6 Å². The van der Waals surface area contributed by atoms with E-state index in [-0.39, 0.29) is 29.4 Å². The van der Waals surface area contributed by atoms with Crippen LogP contribution in [0.2, 0.25) is 0 Å². The van der Waals surface area contributed by atoms with Gasteiger partial charge in [0.25, 0.3) is 0 Å². The van der Waals surface area contributed by atoms with Crippen molar-refractivity contribution in [2.45, 2.75) is 4.90 Å². The maximum atomic E-state index is 12.7. The minimum Gasteiger partial charge on any atom is -0.466 e. The second-order valence-electron chi connectivity index (χ2n) is 3.46. The van der Waals surface area contributed by atoms with Crippen molar-refractivity contribution in [2.75, 3.05) is 18.2 Å². The fourth-order valence-corrected chi connectivity index (χ4v) is 1.94. The molecule has 0 radical (unpaired) electrons. The molecule has 0 aliphatic heterocycles. The summed E-state index contributed by atoms with van der Waals surface area (Å²) in [6.45, 7) is 0. The Morgan fingerprint density at radius 3 is 2.84 bits per heavy atom. The Kier molecular flexibility index (Phi) is 4.35. The summed E-state index contributed by atoms with van der Waals surface area (Å²) < 4.78 is 17.5. The van der Waals surface area contributed by atoms with E-state index in [1.165, 1.54) is 31.0 Å². The number of carbonyl (C=O) groups is 1. The topological polar surface area (TPSA) is 79.9 Å². The van der Waals surface area contributed by atoms with Gasteiger partial charge in [0.05, 0.1) is 12.9 Å². The van der Waals surface area contributed by atoms with Crippen LogP contribution in [-0.4, -0.2) is 34.0 Å². The van der Waals surface area contributed by atoms with E-state index in [0.717, 1.165) is 4.90 Å². The van der Waals surface area contributed by atoms with Crippen LogP contribution in [0, 0.1) is 5.82 Å². The second-order valence-corrected chi connectivity index (χ2v) is 4.51. The zero-order valence-electron chi connectivity index (χ0n) is 10.0. The third-order valence-corrected chi connectivity index (χ3v) is 3.10. The van der Waals surface area contributed by atoms with Crippen LogP contribution in [0.4, 0.5) is 10.3 Å². The summed E-state index contributed by atoms with van der Waals surface area (Å²) in [6, 6.07) is 6.08. The number of nitrogens with one attached hydrogen (secondary N) is 2. The van der Waals surface area contributed by atoms with Crippen LogP contribution in [0.15, 0.2) is 29.2 Å². The molecule has 0 aliphatic carbocycles. The van der Waals surface area contributed by atoms with Gasteiger partial charge in [-0.3, -0.25) is 10.1 Å². The van der Waals surface area contributed by atoms with Crippen molar-refractivity contribution < 1.29 is 13.9 Å². The van der Waals surface area contributed by atoms with Crippen LogP contribution in [0.1, 0.15) is 0 Å². The van der Waals surface area contributed by atoms with Crippen LogP contribution in [0.25, 0.3) is 0 Å². The van der Waals surface area contributed by atoms with E-state index in [9.17, 15) is 9.18 Å². The number of rotatable bonds is 5. The lowest BCUT2D eigenvalue weighted by atomic mass is 10.4. The van der Waals surface area contributed by atoms with Crippen LogP contribution >= 0.6 is 11.8 Å². The number of hydrogen-bond donors (Lipinski definition) is 2. The number of aromatic nitrogens is 3. The molecule has 0 spiro atoms. The fraction of sp³-hybridized carbons (Fsp3) is 0.182. The molecule has 0 aliphatic rings. The number of benzene rings is 1. The van der Waals surface area contributed by atoms with Gasteiger partial charge in [-0.2, -0.15) is 4.98 Å². The maximum absolute atomic E-state index is 12.7. The van der Waals surface area contributed by atoms with E-state index >= 15 is 0 Å². The molecule has 0 atom stereocenters. The van der Waals surface area contributed by atoms with Crippen molar-refractivity contribution in [3.63, 3.8) is 0 Å². The Balaban J connectivity index is 1.82. The third kappa shape index (κ3) is 3.95. The van der Waals surface area contributed by atoms with E-state index in [0.29, 0.717) is 0 Å². The third-order valence-electron chi connectivity index (χ3n) is 2.09. The van der Waals surface area contributed by atoms with Gasteiger partial charge < -0.3 is 4.74 Å². The van der Waals surface area contributed by atoms with E-state index < -0.39 is 0 Å². The van der Waals surface area contributed by atoms with Crippen molar-refractivity contribution in [3.8, 4) is 6.01 Å². The molecule has 0 fully saturated rings. The number of anilines is 1. The molecular formula is C11H11FN4O2S. The number of methoxy groups -OCH3 is 1. The van der Waals surface area contributed by atoms with Gasteiger partial charge in [0.1, 0.15) is 5.82 Å². The van der Waals surface area contributed by atoms with Gasteiger partial charge in [-0.1, -0.05) is 0 Å². The molecule has 2 aromatic rings. The number of amides is 1. The van der Waals surface area contributed by atoms with Crippen LogP contribution in [-0.2, 0) is 4.79 Å². The van der Waals surface area contributed by atoms with Gasteiger partial charge in [-0.25, -0.2) is 9.49 Å². The number of hydrogen-bond acceptors (Lipinski definition) is 5. The molecule has 1 amide bonds. The molecular weight excluding hydrogens is 271 g/mol. The lowest BCUT2D eigenvalue weighted by Gasteiger charge is -2.01. The highest BCUT2D eigenvalue weighted by Crippen LogP contribution is 2.18. The zero-order valence-corrected chi connectivity index (χ0v) is 10.8. The molecule has 0 bridgehead atoms. The minimum absolute atomic E-state index is 0.154. The number of halogens is 1. The average Bonchev–Trinajstić information content (AvgIpc) is 2.86. The van der Waals surface area contributed by atoms with E-state index in [2.05, 4.69) is 20.5 Å². The standard InChI is InChI=1S/C11H11FN4O2S/c1-18-11-14-10(15-16-11)13-9(17)6-19-8-4-2-7(12)3-5-8/h2-5H,6H2,1H3,(H2,13,14,15,16,17). The highest BCUT2D eigenvalue weighted by Gasteiger charge is 2.07. The van der Waals surface area contributed by atoms with Gasteiger partial charge in [0.15, 0.2) is 0 Å². The molecule has 100 valence electrons. The van der Waals surface area contributed by atoms with Crippen molar-refractivity contribution in [1.82, 2.24) is 15.2 Å². The smallest absolute Gasteiger partial charge is 0.336 e. The Morgan fingerprint density at radius 2 is 2.21 bits per heavy atom. The van der Waals surface area contributed by atoms with Crippen molar-refractivity contribution in [2.24, 2.45) is 0 Å². The summed E-state index contributed by atoms with van der Waals surface area (Å²) in [6.07, 6.45) is 0. The zero-order chi connectivity index (χ0) is 13.7. The largest absolute Gasteiger partial charge is 0.466 e. The predicted octanol–water partition coefficient (Wildman–Crippen LogP) is 1.68. The van der Waals surface area contributed by atoms with E-state index in [1.54, 1.807) is 12.1 Å². The average molecular weight is 282 g/mol. The molecule has 1 aromatic carbocycles. The van der Waals surface area contributed by atoms with Crippen LogP contribution < -0.4 is 10.1 Å². The first kappa shape index (κ1) is 13.3. The predicted molar refractivity (Wildman–Crippen MR) is 68.7 cm³/mol. The quantitative estimate of drug-likeness (QED) is 0.816. The molecule has 2 N–H and O–H groups in total. The normalized spacial score (nSPS) is 10.2. The highest BCUT2D eigenvalue weighted by atomic mass is 32.2. The van der Waals surface area contributed by atoms with E-state index in [4.69, 9.17) is 4.74 Å². The van der Waals surface area contributed by atoms with Crippen LogP contribution in [0.5, 0.6) is 6.01 Å². The first-order chi connectivity index (χ1) is 9.17.